The van der Waals surface area contributed by atoms with Crippen molar-refractivity contribution in [2.24, 2.45) is 5.73 Å². The molecule has 0 saturated carbocycles. The first-order chi connectivity index (χ1) is 7.65. The third kappa shape index (κ3) is 4.40. The zero-order chi connectivity index (χ0) is 12.0. The summed E-state index contributed by atoms with van der Waals surface area (Å²) in [6.45, 7) is 5.72. The van der Waals surface area contributed by atoms with E-state index in [1.54, 1.807) is 0 Å². The first-order valence-electron chi connectivity index (χ1n) is 6.79. The maximum atomic E-state index is 6.31. The summed E-state index contributed by atoms with van der Waals surface area (Å²) in [4.78, 5) is 4.83. The standard InChI is InChI=1S/C13H29N3/c1-4-5-6-7-8-12(14)13-11-15(2)9-10-16(13)3/h12-13H,4-11,14H2,1-3H3. The van der Waals surface area contributed by atoms with Gasteiger partial charge in [0.15, 0.2) is 0 Å². The second-order valence-corrected chi connectivity index (χ2v) is 5.32. The summed E-state index contributed by atoms with van der Waals surface area (Å²) in [5.74, 6) is 0. The number of rotatable bonds is 6. The van der Waals surface area contributed by atoms with Gasteiger partial charge in [-0.1, -0.05) is 32.6 Å². The lowest BCUT2D eigenvalue weighted by Crippen LogP contribution is -2.57. The van der Waals surface area contributed by atoms with Crippen LogP contribution in [0.1, 0.15) is 39.0 Å². The molecule has 2 N–H and O–H groups in total. The second kappa shape index (κ2) is 7.25. The minimum absolute atomic E-state index is 0.351. The Hall–Kier alpha value is -0.120. The molecule has 1 rings (SSSR count). The van der Waals surface area contributed by atoms with Crippen LogP contribution in [0.15, 0.2) is 0 Å². The van der Waals surface area contributed by atoms with Gasteiger partial charge in [-0.2, -0.15) is 0 Å². The summed E-state index contributed by atoms with van der Waals surface area (Å²) >= 11 is 0. The van der Waals surface area contributed by atoms with Gasteiger partial charge in [0.05, 0.1) is 0 Å². The summed E-state index contributed by atoms with van der Waals surface area (Å²) in [7, 11) is 4.41. The van der Waals surface area contributed by atoms with E-state index in [0.29, 0.717) is 12.1 Å². The van der Waals surface area contributed by atoms with Crippen molar-refractivity contribution in [3.05, 3.63) is 0 Å². The molecule has 2 unspecified atom stereocenters. The highest BCUT2D eigenvalue weighted by Crippen LogP contribution is 2.13. The zero-order valence-corrected chi connectivity index (χ0v) is 11.3. The average molecular weight is 227 g/mol. The summed E-state index contributed by atoms with van der Waals surface area (Å²) in [5.41, 5.74) is 6.31. The molecule has 0 aromatic carbocycles. The van der Waals surface area contributed by atoms with E-state index in [-0.39, 0.29) is 0 Å². The van der Waals surface area contributed by atoms with E-state index in [9.17, 15) is 0 Å². The fourth-order valence-corrected chi connectivity index (χ4v) is 2.51. The lowest BCUT2D eigenvalue weighted by molar-refractivity contribution is 0.0946. The van der Waals surface area contributed by atoms with Gasteiger partial charge in [0.25, 0.3) is 0 Å². The van der Waals surface area contributed by atoms with Crippen LogP contribution in [0.2, 0.25) is 0 Å². The molecule has 3 heteroatoms. The van der Waals surface area contributed by atoms with Crippen LogP contribution in [0.5, 0.6) is 0 Å². The Morgan fingerprint density at radius 2 is 1.94 bits per heavy atom. The van der Waals surface area contributed by atoms with Gasteiger partial charge in [0.1, 0.15) is 0 Å². The molecule has 0 bridgehead atoms. The monoisotopic (exact) mass is 227 g/mol. The topological polar surface area (TPSA) is 32.5 Å². The molecule has 0 aliphatic carbocycles. The maximum Gasteiger partial charge on any atom is 0.0371 e. The van der Waals surface area contributed by atoms with Gasteiger partial charge in [-0.3, -0.25) is 4.90 Å². The summed E-state index contributed by atoms with van der Waals surface area (Å²) < 4.78 is 0. The average Bonchev–Trinajstić information content (AvgIpc) is 2.27. The lowest BCUT2D eigenvalue weighted by Gasteiger charge is -2.40. The molecule has 3 nitrogen and oxygen atoms in total. The fraction of sp³-hybridized carbons (Fsp3) is 1.00. The molecule has 96 valence electrons. The van der Waals surface area contributed by atoms with Crippen molar-refractivity contribution < 1.29 is 0 Å². The molecule has 2 atom stereocenters. The minimum atomic E-state index is 0.351. The quantitative estimate of drug-likeness (QED) is 0.699. The molecule has 1 aliphatic heterocycles. The minimum Gasteiger partial charge on any atom is -0.326 e. The molecule has 1 heterocycles. The molecule has 1 fully saturated rings. The lowest BCUT2D eigenvalue weighted by atomic mass is 9.98. The smallest absolute Gasteiger partial charge is 0.0371 e. The number of hydrogen-bond donors (Lipinski definition) is 1. The molecule has 0 radical (unpaired) electrons. The summed E-state index contributed by atoms with van der Waals surface area (Å²) in [6.07, 6.45) is 6.48. The SMILES string of the molecule is CCCCCCC(N)C1CN(C)CCN1C. The van der Waals surface area contributed by atoms with Crippen molar-refractivity contribution in [2.75, 3.05) is 33.7 Å². The Balaban J connectivity index is 2.25. The van der Waals surface area contributed by atoms with Crippen LogP contribution in [-0.2, 0) is 0 Å². The van der Waals surface area contributed by atoms with Gasteiger partial charge >= 0.3 is 0 Å². The van der Waals surface area contributed by atoms with Gasteiger partial charge in [-0.15, -0.1) is 0 Å². The number of unbranched alkanes of at least 4 members (excludes halogenated alkanes) is 3. The molecule has 1 saturated heterocycles. The first-order valence-corrected chi connectivity index (χ1v) is 6.79. The van der Waals surface area contributed by atoms with E-state index in [0.717, 1.165) is 13.1 Å². The number of nitrogens with zero attached hydrogens (tertiary/aromatic N) is 2. The van der Waals surface area contributed by atoms with Crippen LogP contribution in [0, 0.1) is 0 Å². The zero-order valence-electron chi connectivity index (χ0n) is 11.3. The predicted molar refractivity (Wildman–Crippen MR) is 70.6 cm³/mol. The van der Waals surface area contributed by atoms with Gasteiger partial charge in [-0.05, 0) is 20.5 Å². The summed E-state index contributed by atoms with van der Waals surface area (Å²) in [6, 6.07) is 0.907. The van der Waals surface area contributed by atoms with E-state index < -0.39 is 0 Å². The van der Waals surface area contributed by atoms with Crippen molar-refractivity contribution in [1.29, 1.82) is 0 Å². The molecule has 1 aliphatic rings. The molecular weight excluding hydrogens is 198 g/mol. The van der Waals surface area contributed by atoms with Crippen LogP contribution in [0.3, 0.4) is 0 Å². The first kappa shape index (κ1) is 13.9. The normalized spacial score (nSPS) is 25.9. The Morgan fingerprint density at radius 1 is 1.19 bits per heavy atom. The van der Waals surface area contributed by atoms with Crippen LogP contribution < -0.4 is 5.73 Å². The van der Waals surface area contributed by atoms with Crippen molar-refractivity contribution in [2.45, 2.75) is 51.1 Å². The van der Waals surface area contributed by atoms with Gasteiger partial charge in [0.2, 0.25) is 0 Å². The van der Waals surface area contributed by atoms with Gasteiger partial charge in [-0.25, -0.2) is 0 Å². The van der Waals surface area contributed by atoms with Gasteiger partial charge < -0.3 is 10.6 Å². The Labute approximate surface area is 101 Å². The Bertz CT molecular complexity index is 184. The Morgan fingerprint density at radius 3 is 2.62 bits per heavy atom. The fourth-order valence-electron chi connectivity index (χ4n) is 2.51. The van der Waals surface area contributed by atoms with E-state index in [1.165, 1.54) is 38.6 Å². The summed E-state index contributed by atoms with van der Waals surface area (Å²) in [5, 5.41) is 0. The number of hydrogen-bond acceptors (Lipinski definition) is 3. The molecule has 0 aromatic rings. The number of likely N-dealkylation sites (N-methyl/N-ethyl adjacent to an activating group) is 2. The van der Waals surface area contributed by atoms with E-state index in [2.05, 4.69) is 30.8 Å². The van der Waals surface area contributed by atoms with Crippen LogP contribution in [-0.4, -0.2) is 55.6 Å². The van der Waals surface area contributed by atoms with Crippen LogP contribution in [0.4, 0.5) is 0 Å². The maximum absolute atomic E-state index is 6.31. The third-order valence-electron chi connectivity index (χ3n) is 3.78. The van der Waals surface area contributed by atoms with Crippen molar-refractivity contribution in [3.63, 3.8) is 0 Å². The molecule has 16 heavy (non-hydrogen) atoms. The van der Waals surface area contributed by atoms with Crippen molar-refractivity contribution >= 4 is 0 Å². The third-order valence-corrected chi connectivity index (χ3v) is 3.78. The Kier molecular flexibility index (Phi) is 6.32. The van der Waals surface area contributed by atoms with Gasteiger partial charge in [0, 0.05) is 31.7 Å². The largest absolute Gasteiger partial charge is 0.326 e. The molecular formula is C13H29N3. The van der Waals surface area contributed by atoms with E-state index >= 15 is 0 Å². The molecule has 0 aromatic heterocycles. The molecule has 0 spiro atoms. The number of nitrogens with two attached hydrogens (primary N) is 1. The highest BCUT2D eigenvalue weighted by molar-refractivity contribution is 4.86. The molecule has 0 amide bonds. The van der Waals surface area contributed by atoms with Crippen LogP contribution in [0.25, 0.3) is 0 Å². The van der Waals surface area contributed by atoms with Crippen LogP contribution >= 0.6 is 0 Å². The van der Waals surface area contributed by atoms with Crippen molar-refractivity contribution in [3.8, 4) is 0 Å². The van der Waals surface area contributed by atoms with Crippen molar-refractivity contribution in [1.82, 2.24) is 9.80 Å². The highest BCUT2D eigenvalue weighted by atomic mass is 15.3. The number of piperazine rings is 1. The predicted octanol–water partition coefficient (Wildman–Crippen LogP) is 1.53. The second-order valence-electron chi connectivity index (χ2n) is 5.32. The van der Waals surface area contributed by atoms with E-state index in [4.69, 9.17) is 5.73 Å². The highest BCUT2D eigenvalue weighted by Gasteiger charge is 2.26. The van der Waals surface area contributed by atoms with E-state index in [1.807, 2.05) is 0 Å².